The lowest BCUT2D eigenvalue weighted by molar-refractivity contribution is 0.102. The van der Waals surface area contributed by atoms with Gasteiger partial charge in [0.25, 0.3) is 5.91 Å². The fourth-order valence-corrected chi connectivity index (χ4v) is 3.33. The number of pyridine rings is 1. The van der Waals surface area contributed by atoms with Crippen LogP contribution in [0.5, 0.6) is 0 Å². The number of benzene rings is 1. The Morgan fingerprint density at radius 3 is 3.00 bits per heavy atom. The van der Waals surface area contributed by atoms with E-state index in [4.69, 9.17) is 27.9 Å². The molecular weight excluding hydrogens is 375 g/mol. The maximum atomic E-state index is 12.4. The maximum absolute atomic E-state index is 12.4. The zero-order valence-electron chi connectivity index (χ0n) is 13.6. The summed E-state index contributed by atoms with van der Waals surface area (Å²) in [4.78, 5) is 16.4. The van der Waals surface area contributed by atoms with E-state index in [2.05, 4.69) is 20.5 Å². The Hall–Kier alpha value is -2.41. The molecule has 3 aromatic rings. The fraction of sp³-hybridized carbons (Fsp3) is 0.167. The number of H-pyrrole nitrogens is 1. The normalized spacial score (nSPS) is 13.3. The zero-order valence-corrected chi connectivity index (χ0v) is 15.1. The Morgan fingerprint density at radius 1 is 1.27 bits per heavy atom. The largest absolute Gasteiger partial charge is 0.376 e. The topological polar surface area (TPSA) is 79.9 Å². The second-order valence-electron chi connectivity index (χ2n) is 5.85. The summed E-state index contributed by atoms with van der Waals surface area (Å²) in [6.07, 6.45) is 2.20. The number of carbonyl (C=O) groups excluding carboxylic acids is 1. The van der Waals surface area contributed by atoms with Crippen molar-refractivity contribution in [3.8, 4) is 11.3 Å². The van der Waals surface area contributed by atoms with E-state index in [-0.39, 0.29) is 10.7 Å². The number of amides is 1. The molecule has 3 heterocycles. The third-order valence-electron chi connectivity index (χ3n) is 4.11. The lowest BCUT2D eigenvalue weighted by Gasteiger charge is -2.13. The van der Waals surface area contributed by atoms with E-state index in [1.54, 1.807) is 6.07 Å². The van der Waals surface area contributed by atoms with Crippen LogP contribution in [0.4, 0.5) is 5.69 Å². The van der Waals surface area contributed by atoms with Crippen molar-refractivity contribution in [3.63, 3.8) is 0 Å². The van der Waals surface area contributed by atoms with Gasteiger partial charge in [-0.05, 0) is 18.2 Å². The van der Waals surface area contributed by atoms with Gasteiger partial charge in [0, 0.05) is 35.1 Å². The molecule has 1 aliphatic rings. The van der Waals surface area contributed by atoms with Crippen molar-refractivity contribution >= 4 is 34.8 Å². The molecule has 0 saturated heterocycles. The second kappa shape index (κ2) is 7.07. The minimum atomic E-state index is -0.406. The molecule has 0 radical (unpaired) electrons. The molecule has 0 atom stereocenters. The van der Waals surface area contributed by atoms with Crippen molar-refractivity contribution < 1.29 is 9.53 Å². The number of anilines is 1. The number of hydrogen-bond acceptors (Lipinski definition) is 4. The summed E-state index contributed by atoms with van der Waals surface area (Å²) in [5, 5.41) is 10.8. The van der Waals surface area contributed by atoms with E-state index in [0.717, 1.165) is 28.9 Å². The van der Waals surface area contributed by atoms with Crippen molar-refractivity contribution in [2.75, 3.05) is 11.9 Å². The van der Waals surface area contributed by atoms with Gasteiger partial charge >= 0.3 is 0 Å². The van der Waals surface area contributed by atoms with E-state index in [9.17, 15) is 4.79 Å². The first kappa shape index (κ1) is 17.0. The van der Waals surface area contributed by atoms with Crippen molar-refractivity contribution in [1.82, 2.24) is 15.2 Å². The van der Waals surface area contributed by atoms with Gasteiger partial charge in [0.05, 0.1) is 29.0 Å². The molecule has 0 saturated carbocycles. The molecule has 1 aromatic carbocycles. The lowest BCUT2D eigenvalue weighted by atomic mass is 10.0. The number of fused-ring (bicyclic) bond motifs is 1. The smallest absolute Gasteiger partial charge is 0.275 e. The molecule has 0 bridgehead atoms. The first-order valence-electron chi connectivity index (χ1n) is 7.98. The van der Waals surface area contributed by atoms with Crippen LogP contribution in [0.3, 0.4) is 0 Å². The van der Waals surface area contributed by atoms with Gasteiger partial charge in [-0.15, -0.1) is 0 Å². The highest BCUT2D eigenvalue weighted by Crippen LogP contribution is 2.29. The summed E-state index contributed by atoms with van der Waals surface area (Å²) in [6.45, 7) is 1.22. The molecule has 26 heavy (non-hydrogen) atoms. The fourth-order valence-electron chi connectivity index (χ4n) is 2.87. The van der Waals surface area contributed by atoms with Gasteiger partial charge in [0.2, 0.25) is 0 Å². The molecule has 1 amide bonds. The number of aromatic amines is 1. The highest BCUT2D eigenvalue weighted by atomic mass is 35.5. The predicted octanol–water partition coefficient (Wildman–Crippen LogP) is 4.10. The number of nitrogens with one attached hydrogen (secondary N) is 2. The van der Waals surface area contributed by atoms with Gasteiger partial charge in [0.15, 0.2) is 0 Å². The number of ether oxygens (including phenoxy) is 1. The molecule has 0 fully saturated rings. The molecule has 6 nitrogen and oxygen atoms in total. The standard InChI is InChI=1S/C18H14Cl2N4O2/c19-11-7-14(20)17(21-8-11)18(25)22-12-3-1-2-10(6-12)16-13-9-26-5-4-15(13)23-24-16/h1-3,6-8H,4-5,9H2,(H,22,25)(H,23,24). The number of hydrogen-bond donors (Lipinski definition) is 2. The first-order valence-corrected chi connectivity index (χ1v) is 8.74. The summed E-state index contributed by atoms with van der Waals surface area (Å²) in [5.41, 5.74) is 4.61. The highest BCUT2D eigenvalue weighted by Gasteiger charge is 2.19. The van der Waals surface area contributed by atoms with Crippen LogP contribution in [0.1, 0.15) is 21.7 Å². The van der Waals surface area contributed by atoms with E-state index in [1.807, 2.05) is 18.2 Å². The van der Waals surface area contributed by atoms with Crippen LogP contribution < -0.4 is 5.32 Å². The molecule has 2 aromatic heterocycles. The van der Waals surface area contributed by atoms with Crippen LogP contribution in [0, 0.1) is 0 Å². The maximum Gasteiger partial charge on any atom is 0.275 e. The minimum Gasteiger partial charge on any atom is -0.376 e. The first-order chi connectivity index (χ1) is 12.6. The monoisotopic (exact) mass is 388 g/mol. The zero-order chi connectivity index (χ0) is 18.1. The summed E-state index contributed by atoms with van der Waals surface area (Å²) in [6, 6.07) is 8.92. The van der Waals surface area contributed by atoms with Gasteiger partial charge in [-0.2, -0.15) is 5.10 Å². The lowest BCUT2D eigenvalue weighted by Crippen LogP contribution is -2.14. The summed E-state index contributed by atoms with van der Waals surface area (Å²) >= 11 is 11.9. The third kappa shape index (κ3) is 3.31. The van der Waals surface area contributed by atoms with Crippen molar-refractivity contribution in [1.29, 1.82) is 0 Å². The third-order valence-corrected chi connectivity index (χ3v) is 4.61. The molecule has 8 heteroatoms. The van der Waals surface area contributed by atoms with E-state index in [1.165, 1.54) is 12.3 Å². The Labute approximate surface area is 159 Å². The molecule has 0 aliphatic carbocycles. The highest BCUT2D eigenvalue weighted by molar-refractivity contribution is 6.36. The van der Waals surface area contributed by atoms with E-state index < -0.39 is 5.91 Å². The number of aromatic nitrogens is 3. The van der Waals surface area contributed by atoms with Gasteiger partial charge in [-0.3, -0.25) is 9.89 Å². The van der Waals surface area contributed by atoms with Crippen LogP contribution >= 0.6 is 23.2 Å². The molecule has 1 aliphatic heterocycles. The predicted molar refractivity (Wildman–Crippen MR) is 99.6 cm³/mol. The van der Waals surface area contributed by atoms with E-state index in [0.29, 0.717) is 23.9 Å². The van der Waals surface area contributed by atoms with Crippen LogP contribution in [-0.2, 0) is 17.8 Å². The Bertz CT molecular complexity index is 987. The summed E-state index contributed by atoms with van der Waals surface area (Å²) in [5.74, 6) is -0.406. The summed E-state index contributed by atoms with van der Waals surface area (Å²) in [7, 11) is 0. The van der Waals surface area contributed by atoms with Gasteiger partial charge in [0.1, 0.15) is 5.69 Å². The number of halogens is 2. The molecule has 0 spiro atoms. The van der Waals surface area contributed by atoms with Gasteiger partial charge in [-0.1, -0.05) is 35.3 Å². The SMILES string of the molecule is O=C(Nc1cccc(-c2n[nH]c3c2COCC3)c1)c1ncc(Cl)cc1Cl. The minimum absolute atomic E-state index is 0.118. The average Bonchev–Trinajstić information content (AvgIpc) is 3.06. The Kier molecular flexibility index (Phi) is 4.63. The Morgan fingerprint density at radius 2 is 2.15 bits per heavy atom. The molecule has 4 rings (SSSR count). The van der Waals surface area contributed by atoms with Gasteiger partial charge < -0.3 is 10.1 Å². The Balaban J connectivity index is 1.60. The van der Waals surface area contributed by atoms with Crippen molar-refractivity contribution in [2.24, 2.45) is 0 Å². The van der Waals surface area contributed by atoms with Crippen LogP contribution in [0.15, 0.2) is 36.5 Å². The van der Waals surface area contributed by atoms with Crippen LogP contribution in [-0.4, -0.2) is 27.7 Å². The molecule has 2 N–H and O–H groups in total. The quantitative estimate of drug-likeness (QED) is 0.707. The summed E-state index contributed by atoms with van der Waals surface area (Å²) < 4.78 is 5.53. The number of carbonyl (C=O) groups is 1. The number of nitrogens with zero attached hydrogens (tertiary/aromatic N) is 2. The molecular formula is C18H14Cl2N4O2. The second-order valence-corrected chi connectivity index (χ2v) is 6.69. The van der Waals surface area contributed by atoms with Gasteiger partial charge in [-0.25, -0.2) is 4.98 Å². The van der Waals surface area contributed by atoms with Crippen LogP contribution in [0.2, 0.25) is 10.0 Å². The van der Waals surface area contributed by atoms with Crippen LogP contribution in [0.25, 0.3) is 11.3 Å². The molecule has 132 valence electrons. The molecule has 0 unspecified atom stereocenters. The van der Waals surface area contributed by atoms with Crippen molar-refractivity contribution in [3.05, 3.63) is 63.5 Å². The number of rotatable bonds is 3. The average molecular weight is 389 g/mol. The van der Waals surface area contributed by atoms with E-state index >= 15 is 0 Å². The van der Waals surface area contributed by atoms with Crippen molar-refractivity contribution in [2.45, 2.75) is 13.0 Å².